The Morgan fingerprint density at radius 3 is 2.28 bits per heavy atom. The maximum absolute atomic E-state index is 12.7. The number of aliphatic hydroxyl groups is 1. The molecule has 3 aliphatic rings. The Kier molecular flexibility index (Phi) is 8.03. The number of ether oxygens (including phenoxy) is 4. The van der Waals surface area contributed by atoms with E-state index in [4.69, 9.17) is 18.9 Å². The minimum atomic E-state index is -1.94. The van der Waals surface area contributed by atoms with Gasteiger partial charge in [-0.25, -0.2) is 0 Å². The molecule has 0 bridgehead atoms. The molecule has 1 heterocycles. The Labute approximate surface area is 212 Å². The van der Waals surface area contributed by atoms with Crippen molar-refractivity contribution in [1.29, 1.82) is 0 Å². The van der Waals surface area contributed by atoms with Gasteiger partial charge in [0.25, 0.3) is 0 Å². The molecule has 8 atom stereocenters. The molecule has 9 heteroatoms. The molecule has 1 saturated heterocycles. The van der Waals surface area contributed by atoms with Crippen LogP contribution in [0.5, 0.6) is 0 Å². The van der Waals surface area contributed by atoms with Crippen LogP contribution in [0.15, 0.2) is 23.8 Å². The van der Waals surface area contributed by atoms with Crippen molar-refractivity contribution in [2.45, 2.75) is 104 Å². The van der Waals surface area contributed by atoms with Gasteiger partial charge in [0.15, 0.2) is 11.7 Å². The van der Waals surface area contributed by atoms with E-state index in [9.17, 15) is 24.3 Å². The Morgan fingerprint density at radius 2 is 1.69 bits per heavy atom. The highest BCUT2D eigenvalue weighted by Gasteiger charge is 2.67. The molecule has 0 spiro atoms. The second kappa shape index (κ2) is 10.4. The fourth-order valence-corrected chi connectivity index (χ4v) is 6.14. The molecule has 200 valence electrons. The second-order valence-corrected chi connectivity index (χ2v) is 10.5. The minimum Gasteiger partial charge on any atom is -0.462 e. The predicted octanol–water partition coefficient (Wildman–Crippen LogP) is 3.18. The van der Waals surface area contributed by atoms with E-state index in [1.807, 2.05) is 13.8 Å². The van der Waals surface area contributed by atoms with Gasteiger partial charge < -0.3 is 24.1 Å². The van der Waals surface area contributed by atoms with Crippen LogP contribution in [0.3, 0.4) is 0 Å². The molecule has 9 nitrogen and oxygen atoms in total. The smallest absolute Gasteiger partial charge is 0.312 e. The number of hydrogen-bond acceptors (Lipinski definition) is 9. The van der Waals surface area contributed by atoms with Crippen LogP contribution >= 0.6 is 0 Å². The van der Waals surface area contributed by atoms with Gasteiger partial charge in [-0.3, -0.25) is 19.2 Å². The molecule has 0 aromatic carbocycles. The highest BCUT2D eigenvalue weighted by molar-refractivity contribution is 5.78. The number of carbonyl (C=O) groups excluding carboxylic acids is 4. The molecule has 2 fully saturated rings. The summed E-state index contributed by atoms with van der Waals surface area (Å²) in [5.74, 6) is -4.05. The van der Waals surface area contributed by atoms with Crippen molar-refractivity contribution in [3.8, 4) is 0 Å². The fourth-order valence-electron chi connectivity index (χ4n) is 6.14. The number of hydrogen-bond donors (Lipinski definition) is 1. The first kappa shape index (κ1) is 27.9. The van der Waals surface area contributed by atoms with Gasteiger partial charge in [0.05, 0.1) is 11.3 Å². The van der Waals surface area contributed by atoms with E-state index in [0.717, 1.165) is 5.57 Å². The van der Waals surface area contributed by atoms with Gasteiger partial charge >= 0.3 is 23.9 Å². The molecule has 1 saturated carbocycles. The van der Waals surface area contributed by atoms with Crippen molar-refractivity contribution in [3.05, 3.63) is 23.8 Å². The zero-order chi connectivity index (χ0) is 27.0. The highest BCUT2D eigenvalue weighted by Crippen LogP contribution is 2.56. The van der Waals surface area contributed by atoms with Crippen LogP contribution < -0.4 is 0 Å². The quantitative estimate of drug-likeness (QED) is 0.348. The largest absolute Gasteiger partial charge is 0.462 e. The molecule has 0 aromatic heterocycles. The van der Waals surface area contributed by atoms with Gasteiger partial charge in [0.2, 0.25) is 0 Å². The van der Waals surface area contributed by atoms with Gasteiger partial charge in [-0.05, 0) is 45.6 Å². The van der Waals surface area contributed by atoms with E-state index in [1.165, 1.54) is 20.8 Å². The van der Waals surface area contributed by atoms with Gasteiger partial charge in [-0.15, -0.1) is 0 Å². The lowest BCUT2D eigenvalue weighted by molar-refractivity contribution is -0.220. The SMILES string of the molecule is C=C1CC[C@H](OC(C)=O)[C@]2(C)[C@@H](OC(=O)CC)CC/C(C)=C\[C@@H]3OC(=O)[C@H](C)[C@@]3(O)C(OC(C)=O)[C@@H]12. The number of fused-ring (bicyclic) bond motifs is 2. The average Bonchev–Trinajstić information content (AvgIpc) is 3.00. The lowest BCUT2D eigenvalue weighted by atomic mass is 9.55. The van der Waals surface area contributed by atoms with E-state index >= 15 is 0 Å². The van der Waals surface area contributed by atoms with Crippen molar-refractivity contribution in [1.82, 2.24) is 0 Å². The molecule has 0 aromatic rings. The summed E-state index contributed by atoms with van der Waals surface area (Å²) in [5.41, 5.74) is -1.62. The Bertz CT molecular complexity index is 968. The molecular formula is C27H38O9. The molecule has 1 N–H and O–H groups in total. The monoisotopic (exact) mass is 506 g/mol. The molecule has 0 radical (unpaired) electrons. The summed E-state index contributed by atoms with van der Waals surface area (Å²) in [6, 6.07) is 0. The first-order chi connectivity index (χ1) is 16.8. The average molecular weight is 507 g/mol. The Balaban J connectivity index is 2.33. The summed E-state index contributed by atoms with van der Waals surface area (Å²) in [5, 5.41) is 12.2. The van der Waals surface area contributed by atoms with Crippen LogP contribution in [-0.2, 0) is 38.1 Å². The van der Waals surface area contributed by atoms with Gasteiger partial charge in [-0.2, -0.15) is 0 Å². The van der Waals surface area contributed by atoms with E-state index in [0.29, 0.717) is 31.3 Å². The van der Waals surface area contributed by atoms with Crippen LogP contribution in [0.25, 0.3) is 0 Å². The molecular weight excluding hydrogens is 468 g/mol. The highest BCUT2D eigenvalue weighted by atomic mass is 16.6. The Hall–Kier alpha value is -2.68. The number of allylic oxidation sites excluding steroid dienone is 1. The summed E-state index contributed by atoms with van der Waals surface area (Å²) in [7, 11) is 0. The van der Waals surface area contributed by atoms with Crippen molar-refractivity contribution >= 4 is 23.9 Å². The maximum Gasteiger partial charge on any atom is 0.312 e. The van der Waals surface area contributed by atoms with E-state index in [1.54, 1.807) is 13.0 Å². The van der Waals surface area contributed by atoms with E-state index in [2.05, 4.69) is 6.58 Å². The molecule has 1 unspecified atom stereocenters. The van der Waals surface area contributed by atoms with Crippen molar-refractivity contribution in [2.24, 2.45) is 17.3 Å². The third kappa shape index (κ3) is 4.82. The summed E-state index contributed by atoms with van der Waals surface area (Å²) < 4.78 is 23.2. The molecule has 2 aliphatic carbocycles. The summed E-state index contributed by atoms with van der Waals surface area (Å²) in [6.45, 7) is 13.7. The van der Waals surface area contributed by atoms with Crippen LogP contribution in [0.4, 0.5) is 0 Å². The lowest BCUT2D eigenvalue weighted by Gasteiger charge is -2.55. The molecule has 36 heavy (non-hydrogen) atoms. The third-order valence-corrected chi connectivity index (χ3v) is 8.13. The number of rotatable bonds is 4. The topological polar surface area (TPSA) is 125 Å². The van der Waals surface area contributed by atoms with Crippen LogP contribution in [0.1, 0.15) is 73.6 Å². The predicted molar refractivity (Wildman–Crippen MR) is 128 cm³/mol. The zero-order valence-corrected chi connectivity index (χ0v) is 22.0. The van der Waals surface area contributed by atoms with Gasteiger partial charge in [0, 0.05) is 26.2 Å². The fraction of sp³-hybridized carbons (Fsp3) is 0.704. The Morgan fingerprint density at radius 1 is 1.11 bits per heavy atom. The standard InChI is InChI=1S/C27H38O9/c1-8-22(30)35-20-11-9-14(2)13-21-27(32,16(4)25(31)36-21)24(34-18(6)29)23-15(3)10-12-19(26(20,23)7)33-17(5)28/h13,16,19-21,23-24,32H,3,8-12H2,1-2,4-7H3/b14-13-/t16-,19-,20-,21-,23+,24?,26+,27-/m0/s1. The second-order valence-electron chi connectivity index (χ2n) is 10.5. The molecule has 0 amide bonds. The molecule has 1 aliphatic heterocycles. The number of esters is 4. The minimum absolute atomic E-state index is 0.143. The van der Waals surface area contributed by atoms with Crippen molar-refractivity contribution in [2.75, 3.05) is 0 Å². The molecule has 3 rings (SSSR count). The van der Waals surface area contributed by atoms with Gasteiger partial charge in [0.1, 0.15) is 18.3 Å². The van der Waals surface area contributed by atoms with E-state index in [-0.39, 0.29) is 6.42 Å². The summed E-state index contributed by atoms with van der Waals surface area (Å²) >= 11 is 0. The third-order valence-electron chi connectivity index (χ3n) is 8.13. The van der Waals surface area contributed by atoms with Crippen LogP contribution in [-0.4, -0.2) is 59.0 Å². The maximum atomic E-state index is 12.7. The van der Waals surface area contributed by atoms with Crippen molar-refractivity contribution < 1.29 is 43.2 Å². The first-order valence-corrected chi connectivity index (χ1v) is 12.6. The first-order valence-electron chi connectivity index (χ1n) is 12.6. The summed E-state index contributed by atoms with van der Waals surface area (Å²) in [4.78, 5) is 49.9. The van der Waals surface area contributed by atoms with Gasteiger partial charge in [-0.1, -0.05) is 31.6 Å². The van der Waals surface area contributed by atoms with Crippen molar-refractivity contribution in [3.63, 3.8) is 0 Å². The number of carbonyl (C=O) groups is 4. The summed E-state index contributed by atoms with van der Waals surface area (Å²) in [6.07, 6.45) is -0.328. The van der Waals surface area contributed by atoms with E-state index < -0.39 is 71.1 Å². The normalized spacial score (nSPS) is 40.0. The van der Waals surface area contributed by atoms with Crippen LogP contribution in [0.2, 0.25) is 0 Å². The van der Waals surface area contributed by atoms with Crippen LogP contribution in [0, 0.1) is 17.3 Å². The zero-order valence-electron chi connectivity index (χ0n) is 22.0. The lowest BCUT2D eigenvalue weighted by Crippen LogP contribution is -2.65.